The third kappa shape index (κ3) is 5.91. The van der Waals surface area contributed by atoms with Crippen LogP contribution in [-0.2, 0) is 11.3 Å². The summed E-state index contributed by atoms with van der Waals surface area (Å²) in [6.07, 6.45) is 0.423. The zero-order valence-electron chi connectivity index (χ0n) is 16.8. The summed E-state index contributed by atoms with van der Waals surface area (Å²) in [4.78, 5) is 14.4. The van der Waals surface area contributed by atoms with Crippen LogP contribution in [0.4, 0.5) is 11.4 Å². The van der Waals surface area contributed by atoms with Crippen LogP contribution in [0, 0.1) is 6.92 Å². The Morgan fingerprint density at radius 1 is 1.11 bits per heavy atom. The van der Waals surface area contributed by atoms with Crippen LogP contribution in [0.3, 0.4) is 0 Å². The van der Waals surface area contributed by atoms with Gasteiger partial charge in [-0.15, -0.1) is 0 Å². The van der Waals surface area contributed by atoms with Crippen LogP contribution in [0.5, 0.6) is 5.75 Å². The van der Waals surface area contributed by atoms with Crippen molar-refractivity contribution in [1.82, 2.24) is 5.32 Å². The highest BCUT2D eigenvalue weighted by Crippen LogP contribution is 2.22. The summed E-state index contributed by atoms with van der Waals surface area (Å²) in [5, 5.41) is 6.31. The lowest BCUT2D eigenvalue weighted by Gasteiger charge is -2.22. The number of hydrogen-bond acceptors (Lipinski definition) is 4. The fraction of sp³-hybridized carbons (Fsp3) is 0.409. The van der Waals surface area contributed by atoms with E-state index in [2.05, 4.69) is 54.5 Å². The fourth-order valence-corrected chi connectivity index (χ4v) is 3.07. The van der Waals surface area contributed by atoms with E-state index in [1.54, 1.807) is 7.11 Å². The van der Waals surface area contributed by atoms with Gasteiger partial charge in [-0.2, -0.15) is 0 Å². The molecule has 146 valence electrons. The van der Waals surface area contributed by atoms with E-state index in [0.717, 1.165) is 30.1 Å². The molecule has 0 saturated heterocycles. The zero-order chi connectivity index (χ0) is 19.6. The standard InChI is InChI=1S/C22H31N3O2/c1-5-25(6-2)19-11-12-20(17(3)15-19)23-14-13-22(26)24-16-18-9-7-8-10-21(18)27-4/h7-12,15,23H,5-6,13-14,16H2,1-4H3,(H,24,26). The Balaban J connectivity index is 1.81. The zero-order valence-corrected chi connectivity index (χ0v) is 16.8. The monoisotopic (exact) mass is 369 g/mol. The molecule has 0 spiro atoms. The van der Waals surface area contributed by atoms with E-state index in [-0.39, 0.29) is 5.91 Å². The third-order valence-corrected chi connectivity index (χ3v) is 4.67. The molecule has 2 aromatic carbocycles. The molecule has 27 heavy (non-hydrogen) atoms. The normalized spacial score (nSPS) is 10.4. The van der Waals surface area contributed by atoms with Gasteiger partial charge in [0.1, 0.15) is 5.75 Å². The molecular weight excluding hydrogens is 338 g/mol. The first-order chi connectivity index (χ1) is 13.1. The minimum atomic E-state index is 0.0193. The molecule has 0 aliphatic heterocycles. The van der Waals surface area contributed by atoms with Crippen LogP contribution in [0.15, 0.2) is 42.5 Å². The number of anilines is 2. The molecule has 2 aromatic rings. The number of methoxy groups -OCH3 is 1. The van der Waals surface area contributed by atoms with Gasteiger partial charge in [-0.05, 0) is 50.6 Å². The predicted octanol–water partition coefficient (Wildman–Crippen LogP) is 3.97. The van der Waals surface area contributed by atoms with Gasteiger partial charge < -0.3 is 20.3 Å². The first-order valence-electron chi connectivity index (χ1n) is 9.57. The molecule has 0 bridgehead atoms. The summed E-state index contributed by atoms with van der Waals surface area (Å²) in [7, 11) is 1.64. The molecule has 1 amide bonds. The molecule has 5 nitrogen and oxygen atoms in total. The highest BCUT2D eigenvalue weighted by molar-refractivity contribution is 5.76. The molecule has 0 atom stereocenters. The molecule has 2 rings (SSSR count). The summed E-state index contributed by atoms with van der Waals surface area (Å²) in [5.41, 5.74) is 4.47. The Kier molecular flexibility index (Phi) is 7.99. The summed E-state index contributed by atoms with van der Waals surface area (Å²) in [5.74, 6) is 0.811. The number of benzene rings is 2. The van der Waals surface area contributed by atoms with Gasteiger partial charge in [0.05, 0.1) is 7.11 Å². The Bertz CT molecular complexity index is 742. The first kappa shape index (κ1) is 20.6. The van der Waals surface area contributed by atoms with Crippen molar-refractivity contribution >= 4 is 17.3 Å². The summed E-state index contributed by atoms with van der Waals surface area (Å²) >= 11 is 0. The Hall–Kier alpha value is -2.69. The SMILES string of the molecule is CCN(CC)c1ccc(NCCC(=O)NCc2ccccc2OC)c(C)c1. The van der Waals surface area contributed by atoms with Gasteiger partial charge in [0, 0.05) is 49.5 Å². The second-order valence-corrected chi connectivity index (χ2v) is 6.44. The maximum absolute atomic E-state index is 12.1. The van der Waals surface area contributed by atoms with Gasteiger partial charge in [0.15, 0.2) is 0 Å². The lowest BCUT2D eigenvalue weighted by Crippen LogP contribution is -2.25. The molecule has 0 aliphatic rings. The van der Waals surface area contributed by atoms with Gasteiger partial charge >= 0.3 is 0 Å². The maximum Gasteiger partial charge on any atom is 0.222 e. The quantitative estimate of drug-likeness (QED) is 0.665. The van der Waals surface area contributed by atoms with Crippen molar-refractivity contribution in [3.8, 4) is 5.75 Å². The van der Waals surface area contributed by atoms with Crippen molar-refractivity contribution in [3.63, 3.8) is 0 Å². The second kappa shape index (κ2) is 10.5. The predicted molar refractivity (Wildman–Crippen MR) is 113 cm³/mol. The number of aryl methyl sites for hydroxylation is 1. The van der Waals surface area contributed by atoms with Gasteiger partial charge in [-0.3, -0.25) is 4.79 Å². The van der Waals surface area contributed by atoms with Crippen LogP contribution < -0.4 is 20.3 Å². The number of carbonyl (C=O) groups excluding carboxylic acids is 1. The lowest BCUT2D eigenvalue weighted by molar-refractivity contribution is -0.121. The molecule has 0 fully saturated rings. The molecule has 0 aromatic heterocycles. The number of nitrogens with one attached hydrogen (secondary N) is 2. The van der Waals surface area contributed by atoms with E-state index in [1.165, 1.54) is 11.3 Å². The smallest absolute Gasteiger partial charge is 0.222 e. The topological polar surface area (TPSA) is 53.6 Å². The molecule has 0 aliphatic carbocycles. The maximum atomic E-state index is 12.1. The van der Waals surface area contributed by atoms with Gasteiger partial charge in [-0.1, -0.05) is 18.2 Å². The average Bonchev–Trinajstić information content (AvgIpc) is 2.69. The van der Waals surface area contributed by atoms with Crippen LogP contribution in [0.2, 0.25) is 0 Å². The lowest BCUT2D eigenvalue weighted by atomic mass is 10.1. The van der Waals surface area contributed by atoms with Crippen LogP contribution in [0.25, 0.3) is 0 Å². The van der Waals surface area contributed by atoms with E-state index >= 15 is 0 Å². The van der Waals surface area contributed by atoms with E-state index in [1.807, 2.05) is 24.3 Å². The van der Waals surface area contributed by atoms with Crippen LogP contribution in [-0.4, -0.2) is 32.7 Å². The average molecular weight is 370 g/mol. The third-order valence-electron chi connectivity index (χ3n) is 4.67. The largest absolute Gasteiger partial charge is 0.496 e. The van der Waals surface area contributed by atoms with E-state index in [4.69, 9.17) is 4.74 Å². The van der Waals surface area contributed by atoms with Crippen molar-refractivity contribution in [1.29, 1.82) is 0 Å². The van der Waals surface area contributed by atoms with E-state index in [9.17, 15) is 4.79 Å². The van der Waals surface area contributed by atoms with E-state index < -0.39 is 0 Å². The molecule has 0 unspecified atom stereocenters. The summed E-state index contributed by atoms with van der Waals surface area (Å²) in [6, 6.07) is 14.1. The van der Waals surface area contributed by atoms with Gasteiger partial charge in [-0.25, -0.2) is 0 Å². The number of amides is 1. The number of ether oxygens (including phenoxy) is 1. The van der Waals surface area contributed by atoms with Crippen molar-refractivity contribution in [2.45, 2.75) is 33.7 Å². The highest BCUT2D eigenvalue weighted by atomic mass is 16.5. The molecule has 0 heterocycles. The van der Waals surface area contributed by atoms with Crippen molar-refractivity contribution in [3.05, 3.63) is 53.6 Å². The molecule has 2 N–H and O–H groups in total. The molecular formula is C22H31N3O2. The Morgan fingerprint density at radius 2 is 1.85 bits per heavy atom. The van der Waals surface area contributed by atoms with Crippen molar-refractivity contribution in [2.24, 2.45) is 0 Å². The van der Waals surface area contributed by atoms with Crippen molar-refractivity contribution in [2.75, 3.05) is 37.0 Å². The van der Waals surface area contributed by atoms with Gasteiger partial charge in [0.25, 0.3) is 0 Å². The molecule has 0 radical (unpaired) electrons. The first-order valence-corrected chi connectivity index (χ1v) is 9.57. The number of para-hydroxylation sites is 1. The second-order valence-electron chi connectivity index (χ2n) is 6.44. The van der Waals surface area contributed by atoms with E-state index in [0.29, 0.717) is 19.5 Å². The fourth-order valence-electron chi connectivity index (χ4n) is 3.07. The molecule has 0 saturated carbocycles. The minimum absolute atomic E-state index is 0.0193. The number of nitrogens with zero attached hydrogens (tertiary/aromatic N) is 1. The van der Waals surface area contributed by atoms with Crippen molar-refractivity contribution < 1.29 is 9.53 Å². The Labute approximate surface area is 162 Å². The summed E-state index contributed by atoms with van der Waals surface area (Å²) < 4.78 is 5.31. The summed E-state index contributed by atoms with van der Waals surface area (Å²) in [6.45, 7) is 9.48. The number of hydrogen-bond donors (Lipinski definition) is 2. The molecule has 5 heteroatoms. The van der Waals surface area contributed by atoms with Gasteiger partial charge in [0.2, 0.25) is 5.91 Å². The number of rotatable bonds is 10. The Morgan fingerprint density at radius 3 is 2.52 bits per heavy atom. The van der Waals surface area contributed by atoms with Crippen LogP contribution in [0.1, 0.15) is 31.4 Å². The van der Waals surface area contributed by atoms with Crippen LogP contribution >= 0.6 is 0 Å². The highest BCUT2D eigenvalue weighted by Gasteiger charge is 2.07. The number of carbonyl (C=O) groups is 1. The minimum Gasteiger partial charge on any atom is -0.496 e.